The average molecular weight is 437 g/mol. The second-order valence-electron chi connectivity index (χ2n) is 8.25. The molecule has 1 amide bonds. The van der Waals surface area contributed by atoms with E-state index in [0.29, 0.717) is 43.4 Å². The summed E-state index contributed by atoms with van der Waals surface area (Å²) in [5.41, 5.74) is 2.45. The van der Waals surface area contributed by atoms with Gasteiger partial charge in [-0.1, -0.05) is 31.2 Å². The Kier molecular flexibility index (Phi) is 6.19. The van der Waals surface area contributed by atoms with Crippen LogP contribution >= 0.6 is 0 Å². The van der Waals surface area contributed by atoms with Crippen molar-refractivity contribution in [3.63, 3.8) is 0 Å². The van der Waals surface area contributed by atoms with Crippen LogP contribution in [0.15, 0.2) is 48.0 Å². The van der Waals surface area contributed by atoms with Crippen molar-refractivity contribution in [3.05, 3.63) is 64.7 Å². The van der Waals surface area contributed by atoms with Crippen molar-refractivity contribution in [2.75, 3.05) is 40.4 Å². The van der Waals surface area contributed by atoms with Gasteiger partial charge in [0.15, 0.2) is 11.5 Å². The number of nitrogens with zero attached hydrogens (tertiary/aromatic N) is 2. The minimum absolute atomic E-state index is 0.0923. The fourth-order valence-corrected chi connectivity index (χ4v) is 4.05. The lowest BCUT2D eigenvalue weighted by atomic mass is 9.94. The van der Waals surface area contributed by atoms with Crippen LogP contribution in [0.2, 0.25) is 0 Å². The van der Waals surface area contributed by atoms with Crippen molar-refractivity contribution in [3.8, 4) is 11.5 Å². The van der Waals surface area contributed by atoms with E-state index in [1.54, 1.807) is 23.1 Å². The number of hydrogen-bond acceptors (Lipinski definition) is 6. The highest BCUT2D eigenvalue weighted by Gasteiger charge is 2.45. The van der Waals surface area contributed by atoms with Crippen LogP contribution in [0.3, 0.4) is 0 Å². The number of amides is 1. The number of aliphatic hydroxyl groups is 1. The number of aliphatic hydroxyl groups excluding tert-OH is 1. The largest absolute Gasteiger partial charge is 0.507 e. The van der Waals surface area contributed by atoms with E-state index in [1.807, 2.05) is 43.3 Å². The van der Waals surface area contributed by atoms with Crippen molar-refractivity contribution in [2.24, 2.45) is 0 Å². The molecule has 0 radical (unpaired) electrons. The zero-order chi connectivity index (χ0) is 22.8. The Morgan fingerprint density at radius 1 is 1.06 bits per heavy atom. The predicted molar refractivity (Wildman–Crippen MR) is 121 cm³/mol. The third-order valence-electron chi connectivity index (χ3n) is 5.85. The van der Waals surface area contributed by atoms with Gasteiger partial charge in [0, 0.05) is 18.7 Å². The molecule has 7 heteroatoms. The Morgan fingerprint density at radius 3 is 2.41 bits per heavy atom. The Hall–Kier alpha value is -3.32. The topological polar surface area (TPSA) is 79.3 Å². The zero-order valence-electron chi connectivity index (χ0n) is 18.6. The summed E-state index contributed by atoms with van der Waals surface area (Å²) >= 11 is 0. The van der Waals surface area contributed by atoms with E-state index in [1.165, 1.54) is 0 Å². The number of ketones is 1. The number of ether oxygens (including phenoxy) is 2. The summed E-state index contributed by atoms with van der Waals surface area (Å²) in [6.45, 7) is 3.91. The summed E-state index contributed by atoms with van der Waals surface area (Å²) < 4.78 is 11.2. The molecule has 2 aliphatic rings. The highest BCUT2D eigenvalue weighted by atomic mass is 16.6. The van der Waals surface area contributed by atoms with Gasteiger partial charge >= 0.3 is 0 Å². The molecular weight excluding hydrogens is 408 g/mol. The molecule has 0 aromatic heterocycles. The fourth-order valence-electron chi connectivity index (χ4n) is 4.05. The van der Waals surface area contributed by atoms with E-state index in [0.717, 1.165) is 17.5 Å². The van der Waals surface area contributed by atoms with Gasteiger partial charge < -0.3 is 24.4 Å². The molecule has 1 atom stereocenters. The quantitative estimate of drug-likeness (QED) is 0.426. The SMILES string of the molecule is CCc1ccc(C2/C(=C(\O)c3ccc4c(c3)OCCO4)C(=O)C(=O)N2CCN(C)C)cc1. The van der Waals surface area contributed by atoms with Gasteiger partial charge in [0.2, 0.25) is 0 Å². The zero-order valence-corrected chi connectivity index (χ0v) is 18.6. The maximum Gasteiger partial charge on any atom is 0.295 e. The lowest BCUT2D eigenvalue weighted by Gasteiger charge is -2.27. The van der Waals surface area contributed by atoms with Gasteiger partial charge in [-0.05, 0) is 49.8 Å². The highest BCUT2D eigenvalue weighted by Crippen LogP contribution is 2.41. The fraction of sp³-hybridized carbons (Fsp3) is 0.360. The molecule has 7 nitrogen and oxygen atoms in total. The number of aryl methyl sites for hydroxylation is 1. The molecule has 168 valence electrons. The number of fused-ring (bicyclic) bond motifs is 1. The molecule has 2 aromatic rings. The van der Waals surface area contributed by atoms with Crippen LogP contribution in [0.4, 0.5) is 0 Å². The summed E-state index contributed by atoms with van der Waals surface area (Å²) in [5.74, 6) is -0.398. The first-order chi connectivity index (χ1) is 15.4. The Balaban J connectivity index is 1.81. The summed E-state index contributed by atoms with van der Waals surface area (Å²) in [7, 11) is 3.83. The monoisotopic (exact) mass is 436 g/mol. The third kappa shape index (κ3) is 4.08. The molecule has 1 N–H and O–H groups in total. The van der Waals surface area contributed by atoms with Crippen molar-refractivity contribution in [2.45, 2.75) is 19.4 Å². The Bertz CT molecular complexity index is 1060. The first-order valence-corrected chi connectivity index (χ1v) is 10.8. The summed E-state index contributed by atoms with van der Waals surface area (Å²) in [6, 6.07) is 12.2. The molecule has 0 aliphatic carbocycles. The van der Waals surface area contributed by atoms with Gasteiger partial charge in [0.05, 0.1) is 11.6 Å². The molecule has 2 aliphatic heterocycles. The summed E-state index contributed by atoms with van der Waals surface area (Å²) in [4.78, 5) is 29.6. The summed E-state index contributed by atoms with van der Waals surface area (Å²) in [6.07, 6.45) is 0.887. The smallest absolute Gasteiger partial charge is 0.295 e. The molecule has 2 heterocycles. The van der Waals surface area contributed by atoms with Crippen LogP contribution in [0, 0.1) is 0 Å². The molecule has 4 rings (SSSR count). The second-order valence-corrected chi connectivity index (χ2v) is 8.25. The van der Waals surface area contributed by atoms with E-state index in [4.69, 9.17) is 9.47 Å². The number of rotatable bonds is 6. The second kappa shape index (κ2) is 9.04. The van der Waals surface area contributed by atoms with Crippen LogP contribution in [0.25, 0.3) is 5.76 Å². The normalized spacial score (nSPS) is 19.6. The van der Waals surface area contributed by atoms with Crippen LogP contribution in [-0.2, 0) is 16.0 Å². The van der Waals surface area contributed by atoms with Crippen molar-refractivity contribution < 1.29 is 24.2 Å². The summed E-state index contributed by atoms with van der Waals surface area (Å²) in [5, 5.41) is 11.2. The van der Waals surface area contributed by atoms with Crippen LogP contribution in [-0.4, -0.2) is 67.0 Å². The molecule has 1 unspecified atom stereocenters. The van der Waals surface area contributed by atoms with Crippen LogP contribution in [0.5, 0.6) is 11.5 Å². The Morgan fingerprint density at radius 2 is 1.75 bits per heavy atom. The number of carbonyl (C=O) groups excluding carboxylic acids is 2. The number of carbonyl (C=O) groups is 2. The molecule has 1 saturated heterocycles. The number of Topliss-reactive ketones (excluding diaryl/α,β-unsaturated/α-hetero) is 1. The van der Waals surface area contributed by atoms with Gasteiger partial charge in [0.1, 0.15) is 19.0 Å². The van der Waals surface area contributed by atoms with E-state index in [-0.39, 0.29) is 11.3 Å². The van der Waals surface area contributed by atoms with Crippen molar-refractivity contribution >= 4 is 17.4 Å². The number of hydrogen-bond donors (Lipinski definition) is 1. The highest BCUT2D eigenvalue weighted by molar-refractivity contribution is 6.46. The molecule has 0 saturated carbocycles. The molecule has 32 heavy (non-hydrogen) atoms. The lowest BCUT2D eigenvalue weighted by molar-refractivity contribution is -0.140. The van der Waals surface area contributed by atoms with Crippen molar-refractivity contribution in [1.82, 2.24) is 9.80 Å². The van der Waals surface area contributed by atoms with Crippen LogP contribution < -0.4 is 9.47 Å². The van der Waals surface area contributed by atoms with E-state index >= 15 is 0 Å². The average Bonchev–Trinajstić information content (AvgIpc) is 3.06. The van der Waals surface area contributed by atoms with E-state index in [9.17, 15) is 14.7 Å². The number of benzene rings is 2. The predicted octanol–water partition coefficient (Wildman–Crippen LogP) is 3.00. The van der Waals surface area contributed by atoms with Gasteiger partial charge in [-0.25, -0.2) is 0 Å². The molecule has 2 aromatic carbocycles. The van der Waals surface area contributed by atoms with E-state index in [2.05, 4.69) is 6.92 Å². The maximum absolute atomic E-state index is 13.1. The molecular formula is C25H28N2O5. The molecule has 1 fully saturated rings. The standard InChI is InChI=1S/C25H28N2O5/c1-4-16-5-7-17(8-6-16)22-21(24(29)25(30)27(22)12-11-26(2)3)23(28)18-9-10-19-20(15-18)32-14-13-31-19/h5-10,15,22,28H,4,11-14H2,1-3H3/b23-21+. The first-order valence-electron chi connectivity index (χ1n) is 10.8. The molecule has 0 bridgehead atoms. The Labute approximate surface area is 187 Å². The van der Waals surface area contributed by atoms with Gasteiger partial charge in [-0.3, -0.25) is 9.59 Å². The number of likely N-dealkylation sites (N-methyl/N-ethyl adjacent to an activating group) is 1. The minimum Gasteiger partial charge on any atom is -0.507 e. The van der Waals surface area contributed by atoms with Gasteiger partial charge in [0.25, 0.3) is 11.7 Å². The van der Waals surface area contributed by atoms with Crippen molar-refractivity contribution in [1.29, 1.82) is 0 Å². The van der Waals surface area contributed by atoms with Gasteiger partial charge in [-0.15, -0.1) is 0 Å². The maximum atomic E-state index is 13.1. The lowest BCUT2D eigenvalue weighted by Crippen LogP contribution is -2.35. The van der Waals surface area contributed by atoms with E-state index < -0.39 is 17.7 Å². The first kappa shape index (κ1) is 21.9. The minimum atomic E-state index is -0.680. The third-order valence-corrected chi connectivity index (χ3v) is 5.85. The number of likely N-dealkylation sites (tertiary alicyclic amines) is 1. The van der Waals surface area contributed by atoms with Gasteiger partial charge in [-0.2, -0.15) is 0 Å². The van der Waals surface area contributed by atoms with Crippen LogP contribution in [0.1, 0.15) is 29.7 Å². The molecule has 0 spiro atoms.